The number of aromatic hydroxyl groups is 1. The number of nitrogens with zero attached hydrogens (tertiary/aromatic N) is 3. The van der Waals surface area contributed by atoms with Gasteiger partial charge in [0.15, 0.2) is 11.6 Å². The Kier molecular flexibility index (Phi) is 5.24. The van der Waals surface area contributed by atoms with Gasteiger partial charge in [-0.05, 0) is 60.9 Å². The fourth-order valence-electron chi connectivity index (χ4n) is 6.69. The van der Waals surface area contributed by atoms with Gasteiger partial charge in [0, 0.05) is 17.4 Å². The van der Waals surface area contributed by atoms with E-state index in [2.05, 4.69) is 0 Å². The highest BCUT2D eigenvalue weighted by Crippen LogP contribution is 2.61. The van der Waals surface area contributed by atoms with E-state index >= 15 is 0 Å². The first-order chi connectivity index (χ1) is 18.2. The summed E-state index contributed by atoms with van der Waals surface area (Å²) in [5.41, 5.74) is -0.229. The third-order valence-electron chi connectivity index (χ3n) is 8.46. The van der Waals surface area contributed by atoms with Gasteiger partial charge in [0.05, 0.1) is 30.8 Å². The average Bonchev–Trinajstić information content (AvgIpc) is 3.17. The quantitative estimate of drug-likeness (QED) is 0.539. The van der Waals surface area contributed by atoms with Gasteiger partial charge in [-0.15, -0.1) is 0 Å². The molecule has 1 aromatic heterocycles. The largest absolute Gasteiger partial charge is 0.508 e. The molecule has 0 saturated heterocycles. The lowest BCUT2D eigenvalue weighted by Crippen LogP contribution is -2.54. The summed E-state index contributed by atoms with van der Waals surface area (Å²) in [6.45, 7) is 3.51. The molecule has 1 aliphatic heterocycles. The Bertz CT molecular complexity index is 1690. The molecule has 194 valence electrons. The number of carbonyl (C=O) groups is 2. The second kappa shape index (κ2) is 8.31. The molecule has 3 aliphatic rings. The first-order valence-corrected chi connectivity index (χ1v) is 12.5. The SMILES string of the molecule is COc1ccc(O)c([C@H]2C3=CCn4c(=O)n(-c5ccccc5)c(=O)n4[C@@H]3C[C@H]3C(=O)C=C(C)C(=O)[C@@]23C)c1. The zero-order valence-corrected chi connectivity index (χ0v) is 21.2. The van der Waals surface area contributed by atoms with E-state index in [0.717, 1.165) is 10.1 Å². The lowest BCUT2D eigenvalue weighted by Gasteiger charge is -2.52. The van der Waals surface area contributed by atoms with E-state index in [1.165, 1.54) is 28.6 Å². The van der Waals surface area contributed by atoms with Crippen molar-refractivity contribution < 1.29 is 19.4 Å². The molecule has 0 bridgehead atoms. The van der Waals surface area contributed by atoms with E-state index in [0.29, 0.717) is 22.6 Å². The summed E-state index contributed by atoms with van der Waals surface area (Å²) in [5, 5.41) is 11.0. The normalized spacial score (nSPS) is 26.1. The number of fused-ring (bicyclic) bond motifs is 4. The molecule has 6 rings (SSSR count). The molecule has 0 radical (unpaired) electrons. The van der Waals surface area contributed by atoms with Crippen LogP contribution in [0, 0.1) is 11.3 Å². The van der Waals surface area contributed by atoms with Gasteiger partial charge in [-0.2, -0.15) is 0 Å². The zero-order chi connectivity index (χ0) is 26.9. The molecule has 0 spiro atoms. The van der Waals surface area contributed by atoms with Crippen LogP contribution in [0.15, 0.2) is 81.4 Å². The van der Waals surface area contributed by atoms with Crippen LogP contribution in [0.25, 0.3) is 5.69 Å². The number of allylic oxidation sites excluding steroid dienone is 4. The Morgan fingerprint density at radius 1 is 1.03 bits per heavy atom. The second-order valence-electron chi connectivity index (χ2n) is 10.4. The molecule has 0 amide bonds. The van der Waals surface area contributed by atoms with Gasteiger partial charge >= 0.3 is 11.4 Å². The molecule has 9 heteroatoms. The number of hydrogen-bond acceptors (Lipinski definition) is 6. The molecular formula is C29H27N3O6. The van der Waals surface area contributed by atoms with Crippen LogP contribution in [0.5, 0.6) is 11.5 Å². The third-order valence-corrected chi connectivity index (χ3v) is 8.46. The van der Waals surface area contributed by atoms with Crippen molar-refractivity contribution >= 4 is 11.6 Å². The van der Waals surface area contributed by atoms with Gasteiger partial charge in [-0.1, -0.05) is 31.2 Å². The van der Waals surface area contributed by atoms with Crippen LogP contribution in [-0.2, 0) is 16.1 Å². The molecule has 1 N–H and O–H groups in total. The topological polar surface area (TPSA) is 113 Å². The molecule has 0 unspecified atom stereocenters. The fourth-order valence-corrected chi connectivity index (χ4v) is 6.69. The number of methoxy groups -OCH3 is 1. The summed E-state index contributed by atoms with van der Waals surface area (Å²) in [6.07, 6.45) is 3.41. The molecule has 38 heavy (non-hydrogen) atoms. The predicted molar refractivity (Wildman–Crippen MR) is 139 cm³/mol. The number of benzene rings is 2. The lowest BCUT2D eigenvalue weighted by atomic mass is 9.51. The van der Waals surface area contributed by atoms with Crippen molar-refractivity contribution in [1.29, 1.82) is 0 Å². The van der Waals surface area contributed by atoms with Gasteiger partial charge in [-0.3, -0.25) is 9.59 Å². The van der Waals surface area contributed by atoms with Gasteiger partial charge in [0.2, 0.25) is 0 Å². The van der Waals surface area contributed by atoms with Crippen molar-refractivity contribution in [2.45, 2.75) is 38.8 Å². The fraction of sp³-hybridized carbons (Fsp3) is 0.310. The van der Waals surface area contributed by atoms with Gasteiger partial charge in [0.25, 0.3) is 0 Å². The van der Waals surface area contributed by atoms with Crippen molar-refractivity contribution in [2.75, 3.05) is 7.11 Å². The molecule has 9 nitrogen and oxygen atoms in total. The molecule has 2 aromatic carbocycles. The number of carbonyl (C=O) groups excluding carboxylic acids is 2. The standard InChI is InChI=1S/C29H27N3O6/c1-16-13-24(34)21-15-22-19(25(29(21,2)26(16)35)20-14-18(38-3)9-10-23(20)33)11-12-30-27(36)31(28(37)32(22)30)17-7-5-4-6-8-17/h4-11,13-14,21-22,25,33H,12,15H2,1-3H3/t21-,22+,25+,29+/m0/s1. The van der Waals surface area contributed by atoms with E-state index < -0.39 is 34.7 Å². The Balaban J connectivity index is 1.61. The number of ether oxygens (including phenoxy) is 1. The highest BCUT2D eigenvalue weighted by atomic mass is 16.5. The number of phenolic OH excluding ortho intramolecular Hbond substituents is 1. The van der Waals surface area contributed by atoms with Crippen LogP contribution in [0.3, 0.4) is 0 Å². The number of hydrogen-bond donors (Lipinski definition) is 1. The van der Waals surface area contributed by atoms with E-state index in [1.54, 1.807) is 56.3 Å². The molecule has 3 aromatic rings. The predicted octanol–water partition coefficient (Wildman–Crippen LogP) is 2.90. The van der Waals surface area contributed by atoms with Crippen molar-refractivity contribution in [3.8, 4) is 17.2 Å². The Morgan fingerprint density at radius 2 is 1.76 bits per heavy atom. The van der Waals surface area contributed by atoms with Crippen molar-refractivity contribution in [3.63, 3.8) is 0 Å². The van der Waals surface area contributed by atoms with Crippen LogP contribution < -0.4 is 16.1 Å². The maximum atomic E-state index is 13.8. The summed E-state index contributed by atoms with van der Waals surface area (Å²) in [7, 11) is 1.51. The summed E-state index contributed by atoms with van der Waals surface area (Å²) in [4.78, 5) is 54.4. The van der Waals surface area contributed by atoms with Crippen LogP contribution >= 0.6 is 0 Å². The number of Topliss-reactive ketones (excluding diaryl/α,β-unsaturated/α-hetero) is 1. The minimum Gasteiger partial charge on any atom is -0.508 e. The van der Waals surface area contributed by atoms with Crippen LogP contribution in [0.1, 0.15) is 37.8 Å². The van der Waals surface area contributed by atoms with Gasteiger partial charge in [-0.25, -0.2) is 23.5 Å². The Morgan fingerprint density at radius 3 is 2.47 bits per heavy atom. The van der Waals surface area contributed by atoms with Crippen molar-refractivity contribution in [1.82, 2.24) is 13.9 Å². The Labute approximate surface area is 217 Å². The maximum Gasteiger partial charge on any atom is 0.352 e. The minimum atomic E-state index is -1.20. The summed E-state index contributed by atoms with van der Waals surface area (Å²) < 4.78 is 9.34. The van der Waals surface area contributed by atoms with Crippen LogP contribution in [0.2, 0.25) is 0 Å². The molecular weight excluding hydrogens is 486 g/mol. The smallest absolute Gasteiger partial charge is 0.352 e. The third kappa shape index (κ3) is 3.11. The van der Waals surface area contributed by atoms with Gasteiger partial charge in [0.1, 0.15) is 11.5 Å². The first kappa shape index (κ1) is 24.0. The highest BCUT2D eigenvalue weighted by Gasteiger charge is 2.60. The van der Waals surface area contributed by atoms with E-state index in [4.69, 9.17) is 4.74 Å². The van der Waals surface area contributed by atoms with Gasteiger partial charge < -0.3 is 9.84 Å². The maximum absolute atomic E-state index is 13.8. The molecule has 2 aliphatic carbocycles. The van der Waals surface area contributed by atoms with Crippen LogP contribution in [0.4, 0.5) is 0 Å². The molecule has 1 saturated carbocycles. The average molecular weight is 514 g/mol. The van der Waals surface area contributed by atoms with Crippen molar-refractivity contribution in [2.24, 2.45) is 11.3 Å². The van der Waals surface area contributed by atoms with E-state index in [9.17, 15) is 24.3 Å². The molecule has 2 heterocycles. The van der Waals surface area contributed by atoms with E-state index in [-0.39, 0.29) is 30.3 Å². The van der Waals surface area contributed by atoms with Crippen molar-refractivity contribution in [3.05, 3.63) is 98.4 Å². The van der Waals surface area contributed by atoms with Crippen LogP contribution in [-0.4, -0.2) is 37.7 Å². The molecule has 1 fully saturated rings. The Hall–Kier alpha value is -4.40. The summed E-state index contributed by atoms with van der Waals surface area (Å²) in [6, 6.07) is 12.8. The zero-order valence-electron chi connectivity index (χ0n) is 21.2. The summed E-state index contributed by atoms with van der Waals surface area (Å²) in [5.74, 6) is -1.41. The molecule has 4 atom stereocenters. The lowest BCUT2D eigenvalue weighted by molar-refractivity contribution is -0.139. The minimum absolute atomic E-state index is 0.0399. The number of para-hydroxylation sites is 1. The summed E-state index contributed by atoms with van der Waals surface area (Å²) >= 11 is 0. The first-order valence-electron chi connectivity index (χ1n) is 12.5. The van der Waals surface area contributed by atoms with E-state index in [1.807, 2.05) is 6.08 Å². The second-order valence-corrected chi connectivity index (χ2v) is 10.4. The number of ketones is 2. The number of rotatable bonds is 3. The number of phenols is 1. The number of aromatic nitrogens is 3. The highest BCUT2D eigenvalue weighted by molar-refractivity contribution is 6.13. The monoisotopic (exact) mass is 513 g/mol.